The van der Waals surface area contributed by atoms with E-state index >= 15 is 0 Å². The summed E-state index contributed by atoms with van der Waals surface area (Å²) in [6, 6.07) is 0. The molecule has 0 unspecified atom stereocenters. The Hall–Kier alpha value is -0.190. The van der Waals surface area contributed by atoms with E-state index in [-0.39, 0.29) is 12.2 Å². The third-order valence-corrected chi connectivity index (χ3v) is 2.04. The molecule has 0 saturated heterocycles. The van der Waals surface area contributed by atoms with Gasteiger partial charge in [0.2, 0.25) is 0 Å². The van der Waals surface area contributed by atoms with Crippen molar-refractivity contribution in [3.63, 3.8) is 0 Å². The molecule has 1 aliphatic heterocycles. The summed E-state index contributed by atoms with van der Waals surface area (Å²) < 4.78 is 20.4. The quantitative estimate of drug-likeness (QED) is 0.497. The smallest absolute Gasteiger partial charge is 0.261 e. The van der Waals surface area contributed by atoms with Crippen molar-refractivity contribution in [3.8, 4) is 0 Å². The maximum Gasteiger partial charge on any atom is 0.305 e. The molecule has 3 nitrogen and oxygen atoms in total. The first kappa shape index (κ1) is 7.91. The van der Waals surface area contributed by atoms with Crippen LogP contribution in [0.15, 0.2) is 12.2 Å². The van der Waals surface area contributed by atoms with Gasteiger partial charge in [-0.1, -0.05) is 12.2 Å². The largest absolute Gasteiger partial charge is 0.305 e. The summed E-state index contributed by atoms with van der Waals surface area (Å²) in [6.45, 7) is 3.63. The predicted molar refractivity (Wildman–Crippen MR) is 38.4 cm³/mol. The van der Waals surface area contributed by atoms with Crippen LogP contribution in [0, 0.1) is 0 Å². The summed E-state index contributed by atoms with van der Waals surface area (Å²) in [5.41, 5.74) is 0. The molecule has 4 heteroatoms. The summed E-state index contributed by atoms with van der Waals surface area (Å²) in [6.07, 6.45) is 3.42. The van der Waals surface area contributed by atoms with Gasteiger partial charge in [-0.15, -0.1) is 0 Å². The van der Waals surface area contributed by atoms with E-state index in [1.54, 1.807) is 0 Å². The standard InChI is InChI=1S/C6H10O3S/c1-5-3-4-6(2)9-10(7)8-5/h3-6H,1-2H3/t5-,6-/m1/s1. The van der Waals surface area contributed by atoms with Gasteiger partial charge in [0.1, 0.15) is 0 Å². The molecule has 0 fully saturated rings. The topological polar surface area (TPSA) is 35.5 Å². The van der Waals surface area contributed by atoms with Crippen LogP contribution in [0.5, 0.6) is 0 Å². The fourth-order valence-corrected chi connectivity index (χ4v) is 1.32. The molecule has 58 valence electrons. The van der Waals surface area contributed by atoms with Crippen LogP contribution >= 0.6 is 0 Å². The summed E-state index contributed by atoms with van der Waals surface area (Å²) in [5, 5.41) is 0. The molecule has 0 aliphatic carbocycles. The number of hydrogen-bond acceptors (Lipinski definition) is 3. The van der Waals surface area contributed by atoms with Gasteiger partial charge in [0.05, 0.1) is 12.2 Å². The zero-order valence-electron chi connectivity index (χ0n) is 5.94. The Labute approximate surface area is 62.9 Å². The van der Waals surface area contributed by atoms with E-state index in [9.17, 15) is 4.21 Å². The maximum atomic E-state index is 10.7. The molecule has 0 N–H and O–H groups in total. The van der Waals surface area contributed by atoms with Crippen LogP contribution in [-0.4, -0.2) is 16.4 Å². The minimum absolute atomic E-state index is 0.120. The fourth-order valence-electron chi connectivity index (χ4n) is 0.648. The first-order valence-corrected chi connectivity index (χ1v) is 4.13. The van der Waals surface area contributed by atoms with Gasteiger partial charge in [-0.25, -0.2) is 0 Å². The molecule has 0 aromatic heterocycles. The van der Waals surface area contributed by atoms with Gasteiger partial charge < -0.3 is 0 Å². The van der Waals surface area contributed by atoms with Crippen LogP contribution in [0.4, 0.5) is 0 Å². The molecule has 1 heterocycles. The van der Waals surface area contributed by atoms with Crippen LogP contribution in [0.1, 0.15) is 13.8 Å². The monoisotopic (exact) mass is 162 g/mol. The van der Waals surface area contributed by atoms with Crippen molar-refractivity contribution in [2.45, 2.75) is 26.1 Å². The van der Waals surface area contributed by atoms with Gasteiger partial charge in [-0.2, -0.15) is 4.21 Å². The Morgan fingerprint density at radius 2 is 1.60 bits per heavy atom. The number of hydrogen-bond donors (Lipinski definition) is 0. The molecule has 10 heavy (non-hydrogen) atoms. The molecule has 0 aromatic carbocycles. The van der Waals surface area contributed by atoms with E-state index in [1.807, 2.05) is 26.0 Å². The lowest BCUT2D eigenvalue weighted by Gasteiger charge is -2.03. The molecule has 1 aliphatic rings. The summed E-state index contributed by atoms with van der Waals surface area (Å²) in [5.74, 6) is 0. The van der Waals surface area contributed by atoms with E-state index in [2.05, 4.69) is 0 Å². The lowest BCUT2D eigenvalue weighted by molar-refractivity contribution is 0.219. The van der Waals surface area contributed by atoms with Crippen molar-refractivity contribution in [2.24, 2.45) is 0 Å². The molecule has 0 aromatic rings. The van der Waals surface area contributed by atoms with Gasteiger partial charge in [0.25, 0.3) is 0 Å². The van der Waals surface area contributed by atoms with Gasteiger partial charge in [0.15, 0.2) is 0 Å². The highest BCUT2D eigenvalue weighted by Crippen LogP contribution is 2.08. The van der Waals surface area contributed by atoms with Crippen molar-refractivity contribution < 1.29 is 12.6 Å². The van der Waals surface area contributed by atoms with Crippen molar-refractivity contribution in [1.29, 1.82) is 0 Å². The first-order valence-electron chi connectivity index (χ1n) is 3.13. The van der Waals surface area contributed by atoms with Crippen LogP contribution in [0.3, 0.4) is 0 Å². The average Bonchev–Trinajstić information content (AvgIpc) is 1.93. The van der Waals surface area contributed by atoms with Crippen molar-refractivity contribution >= 4 is 11.4 Å². The Kier molecular flexibility index (Phi) is 2.59. The minimum Gasteiger partial charge on any atom is -0.261 e. The number of rotatable bonds is 0. The summed E-state index contributed by atoms with van der Waals surface area (Å²) in [4.78, 5) is 0. The van der Waals surface area contributed by atoms with Gasteiger partial charge >= 0.3 is 11.4 Å². The Morgan fingerprint density at radius 1 is 1.20 bits per heavy atom. The van der Waals surface area contributed by atoms with Crippen LogP contribution in [0.25, 0.3) is 0 Å². The lowest BCUT2D eigenvalue weighted by atomic mass is 10.3. The Balaban J connectivity index is 2.60. The predicted octanol–water partition coefficient (Wildman–Crippen LogP) is 0.945. The van der Waals surface area contributed by atoms with E-state index in [4.69, 9.17) is 8.37 Å². The fraction of sp³-hybridized carbons (Fsp3) is 0.667. The van der Waals surface area contributed by atoms with E-state index in [1.165, 1.54) is 0 Å². The van der Waals surface area contributed by atoms with Gasteiger partial charge in [-0.3, -0.25) is 8.37 Å². The van der Waals surface area contributed by atoms with Crippen LogP contribution < -0.4 is 0 Å². The molecule has 0 amide bonds. The van der Waals surface area contributed by atoms with Crippen molar-refractivity contribution in [1.82, 2.24) is 0 Å². The van der Waals surface area contributed by atoms with E-state index in [0.29, 0.717) is 0 Å². The second kappa shape index (κ2) is 3.27. The Bertz CT molecular complexity index is 150. The highest BCUT2D eigenvalue weighted by atomic mass is 32.2. The van der Waals surface area contributed by atoms with E-state index in [0.717, 1.165) is 0 Å². The van der Waals surface area contributed by atoms with E-state index < -0.39 is 11.4 Å². The zero-order chi connectivity index (χ0) is 7.56. The lowest BCUT2D eigenvalue weighted by Crippen LogP contribution is -2.09. The zero-order valence-corrected chi connectivity index (χ0v) is 6.76. The normalized spacial score (nSPS) is 35.8. The van der Waals surface area contributed by atoms with Crippen LogP contribution in [0.2, 0.25) is 0 Å². The summed E-state index contributed by atoms with van der Waals surface area (Å²) >= 11 is -1.58. The minimum atomic E-state index is -1.58. The third-order valence-electron chi connectivity index (χ3n) is 1.11. The molecule has 0 bridgehead atoms. The third kappa shape index (κ3) is 2.21. The highest BCUT2D eigenvalue weighted by Gasteiger charge is 2.13. The second-order valence-electron chi connectivity index (χ2n) is 2.19. The SMILES string of the molecule is C[C@@H]1C=C[C@@H](C)OS(=O)O1. The molecular formula is C6H10O3S. The van der Waals surface area contributed by atoms with Gasteiger partial charge in [-0.05, 0) is 13.8 Å². The van der Waals surface area contributed by atoms with Crippen molar-refractivity contribution in [3.05, 3.63) is 12.2 Å². The van der Waals surface area contributed by atoms with Gasteiger partial charge in [0, 0.05) is 0 Å². The van der Waals surface area contributed by atoms with Crippen molar-refractivity contribution in [2.75, 3.05) is 0 Å². The van der Waals surface area contributed by atoms with Crippen LogP contribution in [-0.2, 0) is 19.7 Å². The second-order valence-corrected chi connectivity index (χ2v) is 2.98. The highest BCUT2D eigenvalue weighted by molar-refractivity contribution is 7.75. The Morgan fingerprint density at radius 3 is 2.00 bits per heavy atom. The molecule has 2 atom stereocenters. The first-order chi connectivity index (χ1) is 4.68. The molecular weight excluding hydrogens is 152 g/mol. The summed E-state index contributed by atoms with van der Waals surface area (Å²) in [7, 11) is 0. The average molecular weight is 162 g/mol. The molecule has 0 radical (unpaired) electrons. The molecule has 0 saturated carbocycles. The maximum absolute atomic E-state index is 10.7. The molecule has 1 rings (SSSR count). The molecule has 0 spiro atoms.